The number of aryl methyl sites for hydroxylation is 2. The lowest BCUT2D eigenvalue weighted by Gasteiger charge is -2.03. The van der Waals surface area contributed by atoms with E-state index >= 15 is 0 Å². The third-order valence-electron chi connectivity index (χ3n) is 2.40. The average molecular weight is 262 g/mol. The van der Waals surface area contributed by atoms with Crippen molar-refractivity contribution in [3.63, 3.8) is 0 Å². The van der Waals surface area contributed by atoms with Gasteiger partial charge < -0.3 is 9.26 Å². The smallest absolute Gasteiger partial charge is 0.382 e. The van der Waals surface area contributed by atoms with Gasteiger partial charge in [0.15, 0.2) is 0 Å². The van der Waals surface area contributed by atoms with Gasteiger partial charge in [0, 0.05) is 17.7 Å². The molecule has 2 aromatic rings. The number of hydrogen-bond donors (Lipinski definition) is 0. The maximum atomic E-state index is 11.7. The maximum absolute atomic E-state index is 11.7. The number of nitrogens with zero attached hydrogens (tertiary/aromatic N) is 2. The van der Waals surface area contributed by atoms with E-state index in [2.05, 4.69) is 5.16 Å². The molecular weight excluding hydrogens is 252 g/mol. The molecule has 0 amide bonds. The highest BCUT2D eigenvalue weighted by atomic mass is 16.6. The Morgan fingerprint density at radius 1 is 1.37 bits per heavy atom. The molecule has 0 fully saturated rings. The first-order valence-corrected chi connectivity index (χ1v) is 5.38. The first-order valence-electron chi connectivity index (χ1n) is 5.38. The average Bonchev–Trinajstić information content (AvgIpc) is 2.75. The Balaban J connectivity index is 2.18. The first-order chi connectivity index (χ1) is 8.97. The molecule has 0 aliphatic rings. The van der Waals surface area contributed by atoms with Gasteiger partial charge in [0.25, 0.3) is 5.69 Å². The standard InChI is InChI=1S/C12H10N2O5/c1-7-5-9(3-4-10(7)14(16)17)18-12(15)11-6-8(2)13-19-11/h3-6H,1-2H3. The Morgan fingerprint density at radius 3 is 2.63 bits per heavy atom. The molecule has 0 unspecified atom stereocenters. The summed E-state index contributed by atoms with van der Waals surface area (Å²) in [6, 6.07) is 5.50. The summed E-state index contributed by atoms with van der Waals surface area (Å²) in [7, 11) is 0. The van der Waals surface area contributed by atoms with Gasteiger partial charge in [0.05, 0.1) is 10.6 Å². The summed E-state index contributed by atoms with van der Waals surface area (Å²) in [5.74, 6) is -0.510. The molecule has 0 saturated carbocycles. The van der Waals surface area contributed by atoms with Crippen LogP contribution in [0.2, 0.25) is 0 Å². The quantitative estimate of drug-likeness (QED) is 0.365. The molecule has 0 atom stereocenters. The highest BCUT2D eigenvalue weighted by Crippen LogP contribution is 2.23. The van der Waals surface area contributed by atoms with Crippen molar-refractivity contribution >= 4 is 11.7 Å². The van der Waals surface area contributed by atoms with Crippen LogP contribution in [0.3, 0.4) is 0 Å². The van der Waals surface area contributed by atoms with Gasteiger partial charge in [-0.1, -0.05) is 5.16 Å². The topological polar surface area (TPSA) is 95.5 Å². The first kappa shape index (κ1) is 12.7. The molecule has 98 valence electrons. The molecular formula is C12H10N2O5. The van der Waals surface area contributed by atoms with Crippen LogP contribution in [0, 0.1) is 24.0 Å². The van der Waals surface area contributed by atoms with Crippen molar-refractivity contribution in [3.05, 3.63) is 51.4 Å². The summed E-state index contributed by atoms with van der Waals surface area (Å²) >= 11 is 0. The number of rotatable bonds is 3. The molecule has 0 saturated heterocycles. The van der Waals surface area contributed by atoms with Crippen LogP contribution in [0.4, 0.5) is 5.69 Å². The predicted molar refractivity (Wildman–Crippen MR) is 64.0 cm³/mol. The lowest BCUT2D eigenvalue weighted by atomic mass is 10.2. The molecule has 0 bridgehead atoms. The Kier molecular flexibility index (Phi) is 3.28. The molecule has 2 rings (SSSR count). The van der Waals surface area contributed by atoms with Gasteiger partial charge in [-0.3, -0.25) is 10.1 Å². The minimum atomic E-state index is -0.700. The number of ether oxygens (including phenoxy) is 1. The van der Waals surface area contributed by atoms with Crippen LogP contribution >= 0.6 is 0 Å². The van der Waals surface area contributed by atoms with E-state index in [1.807, 2.05) is 0 Å². The van der Waals surface area contributed by atoms with E-state index in [0.29, 0.717) is 11.3 Å². The molecule has 1 heterocycles. The van der Waals surface area contributed by atoms with Gasteiger partial charge in [-0.2, -0.15) is 0 Å². The fourth-order valence-corrected chi connectivity index (χ4v) is 1.51. The third kappa shape index (κ3) is 2.76. The largest absolute Gasteiger partial charge is 0.421 e. The molecule has 0 radical (unpaired) electrons. The zero-order valence-corrected chi connectivity index (χ0v) is 10.2. The fraction of sp³-hybridized carbons (Fsp3) is 0.167. The Labute approximate surface area is 107 Å². The molecule has 1 aromatic carbocycles. The lowest BCUT2D eigenvalue weighted by molar-refractivity contribution is -0.385. The predicted octanol–water partition coefficient (Wildman–Crippen LogP) is 2.42. The molecule has 0 N–H and O–H groups in total. The molecule has 19 heavy (non-hydrogen) atoms. The zero-order chi connectivity index (χ0) is 14.0. The highest BCUT2D eigenvalue weighted by molar-refractivity contribution is 5.88. The summed E-state index contributed by atoms with van der Waals surface area (Å²) in [4.78, 5) is 21.8. The normalized spacial score (nSPS) is 10.2. The Bertz CT molecular complexity index is 647. The van der Waals surface area contributed by atoms with Crippen molar-refractivity contribution in [1.82, 2.24) is 5.16 Å². The molecule has 0 aliphatic heterocycles. The number of carbonyl (C=O) groups is 1. The zero-order valence-electron chi connectivity index (χ0n) is 10.2. The van der Waals surface area contributed by atoms with E-state index in [0.717, 1.165) is 0 Å². The van der Waals surface area contributed by atoms with E-state index in [-0.39, 0.29) is 17.2 Å². The van der Waals surface area contributed by atoms with Gasteiger partial charge in [-0.05, 0) is 26.0 Å². The Morgan fingerprint density at radius 2 is 2.11 bits per heavy atom. The lowest BCUT2D eigenvalue weighted by Crippen LogP contribution is -2.07. The molecule has 0 aliphatic carbocycles. The van der Waals surface area contributed by atoms with Gasteiger partial charge >= 0.3 is 5.97 Å². The summed E-state index contributed by atoms with van der Waals surface area (Å²) in [5, 5.41) is 14.2. The van der Waals surface area contributed by atoms with Gasteiger partial charge in [0.2, 0.25) is 5.76 Å². The Hall–Kier alpha value is -2.70. The number of aromatic nitrogens is 1. The summed E-state index contributed by atoms with van der Waals surface area (Å²) < 4.78 is 9.79. The van der Waals surface area contributed by atoms with Crippen molar-refractivity contribution in [2.24, 2.45) is 0 Å². The van der Waals surface area contributed by atoms with Crippen molar-refractivity contribution in [2.75, 3.05) is 0 Å². The summed E-state index contributed by atoms with van der Waals surface area (Å²) in [6.45, 7) is 3.24. The molecule has 7 heteroatoms. The SMILES string of the molecule is Cc1cc(C(=O)Oc2ccc([N+](=O)[O-])c(C)c2)on1. The van der Waals surface area contributed by atoms with Gasteiger partial charge in [0.1, 0.15) is 5.75 Å². The van der Waals surface area contributed by atoms with Crippen LogP contribution in [0.15, 0.2) is 28.8 Å². The maximum Gasteiger partial charge on any atom is 0.382 e. The number of nitro benzene ring substituents is 1. The molecule has 1 aromatic heterocycles. The van der Waals surface area contributed by atoms with Crippen molar-refractivity contribution in [2.45, 2.75) is 13.8 Å². The number of esters is 1. The number of nitro groups is 1. The monoisotopic (exact) mass is 262 g/mol. The molecule has 7 nitrogen and oxygen atoms in total. The molecule has 0 spiro atoms. The fourth-order valence-electron chi connectivity index (χ4n) is 1.51. The van der Waals surface area contributed by atoms with Crippen LogP contribution < -0.4 is 4.74 Å². The van der Waals surface area contributed by atoms with E-state index in [4.69, 9.17) is 9.26 Å². The number of hydrogen-bond acceptors (Lipinski definition) is 6. The van der Waals surface area contributed by atoms with Crippen LogP contribution in [0.1, 0.15) is 21.8 Å². The third-order valence-corrected chi connectivity index (χ3v) is 2.40. The van der Waals surface area contributed by atoms with E-state index in [1.54, 1.807) is 13.8 Å². The number of carbonyl (C=O) groups excluding carboxylic acids is 1. The second-order valence-corrected chi connectivity index (χ2v) is 3.93. The van der Waals surface area contributed by atoms with E-state index in [9.17, 15) is 14.9 Å². The number of benzene rings is 1. The van der Waals surface area contributed by atoms with Gasteiger partial charge in [-0.25, -0.2) is 4.79 Å². The minimum absolute atomic E-state index is 0.0199. The van der Waals surface area contributed by atoms with Crippen LogP contribution in [0.25, 0.3) is 0 Å². The van der Waals surface area contributed by atoms with Crippen LogP contribution in [-0.2, 0) is 0 Å². The summed E-state index contributed by atoms with van der Waals surface area (Å²) in [6.07, 6.45) is 0. The highest BCUT2D eigenvalue weighted by Gasteiger charge is 2.16. The van der Waals surface area contributed by atoms with Crippen LogP contribution in [-0.4, -0.2) is 16.0 Å². The van der Waals surface area contributed by atoms with Crippen LogP contribution in [0.5, 0.6) is 5.75 Å². The van der Waals surface area contributed by atoms with Gasteiger partial charge in [-0.15, -0.1) is 0 Å². The summed E-state index contributed by atoms with van der Waals surface area (Å²) in [5.41, 5.74) is 0.936. The minimum Gasteiger partial charge on any atom is -0.421 e. The van der Waals surface area contributed by atoms with Crippen molar-refractivity contribution < 1.29 is 19.0 Å². The second kappa shape index (κ2) is 4.89. The van der Waals surface area contributed by atoms with Crippen molar-refractivity contribution in [1.29, 1.82) is 0 Å². The van der Waals surface area contributed by atoms with E-state index < -0.39 is 10.9 Å². The second-order valence-electron chi connectivity index (χ2n) is 3.93. The van der Waals surface area contributed by atoms with E-state index in [1.165, 1.54) is 24.3 Å². The van der Waals surface area contributed by atoms with Crippen molar-refractivity contribution in [3.8, 4) is 5.75 Å².